The van der Waals surface area contributed by atoms with Crippen LogP contribution in [0.15, 0.2) is 47.1 Å². The molecule has 4 saturated carbocycles. The maximum Gasteiger partial charge on any atom is 0.318 e. The molecule has 1 aromatic carbocycles. The van der Waals surface area contributed by atoms with Crippen molar-refractivity contribution >= 4 is 11.9 Å². The molecule has 8 nitrogen and oxygen atoms in total. The number of nitrogens with one attached hydrogen (secondary N) is 1. The van der Waals surface area contributed by atoms with Gasteiger partial charge in [-0.2, -0.15) is 0 Å². The zero-order valence-electron chi connectivity index (χ0n) is 23.2. The zero-order valence-corrected chi connectivity index (χ0v) is 23.2. The first-order valence-corrected chi connectivity index (χ1v) is 14.8. The Labute approximate surface area is 235 Å². The number of benzene rings is 1. The van der Waals surface area contributed by atoms with Crippen LogP contribution in [0.5, 0.6) is 0 Å². The summed E-state index contributed by atoms with van der Waals surface area (Å²) in [6.45, 7) is 4.74. The summed E-state index contributed by atoms with van der Waals surface area (Å²) in [4.78, 5) is 33.4. The number of urea groups is 1. The van der Waals surface area contributed by atoms with Crippen LogP contribution in [-0.2, 0) is 22.6 Å². The van der Waals surface area contributed by atoms with Gasteiger partial charge in [0.05, 0.1) is 26.0 Å². The lowest BCUT2D eigenvalue weighted by molar-refractivity contribution is -0.133. The van der Waals surface area contributed by atoms with Gasteiger partial charge in [0.2, 0.25) is 5.91 Å². The molecule has 9 heteroatoms. The summed E-state index contributed by atoms with van der Waals surface area (Å²) in [6, 6.07) is 9.67. The molecule has 4 aliphatic carbocycles. The van der Waals surface area contributed by atoms with Crippen molar-refractivity contribution in [2.24, 2.45) is 17.8 Å². The topological polar surface area (TPSA) is 78.3 Å². The highest BCUT2D eigenvalue weighted by Crippen LogP contribution is 2.55. The number of hydrogen-bond acceptors (Lipinski definition) is 5. The Morgan fingerprint density at radius 2 is 1.62 bits per heavy atom. The molecule has 7 rings (SSSR count). The molecular weight excluding hydrogens is 511 g/mol. The van der Waals surface area contributed by atoms with Gasteiger partial charge in [0.1, 0.15) is 18.1 Å². The second-order valence-corrected chi connectivity index (χ2v) is 12.5. The van der Waals surface area contributed by atoms with Crippen LogP contribution in [0.2, 0.25) is 0 Å². The van der Waals surface area contributed by atoms with E-state index in [-0.39, 0.29) is 36.4 Å². The van der Waals surface area contributed by atoms with Gasteiger partial charge < -0.3 is 24.3 Å². The first-order chi connectivity index (χ1) is 19.4. The number of ether oxygens (including phenoxy) is 1. The molecule has 2 aromatic rings. The van der Waals surface area contributed by atoms with Gasteiger partial charge in [0.15, 0.2) is 0 Å². The molecule has 0 atom stereocenters. The fourth-order valence-electron chi connectivity index (χ4n) is 7.81. The number of carbonyl (C=O) groups excluding carboxylic acids is 2. The minimum Gasteiger partial charge on any atom is -0.467 e. The monoisotopic (exact) mass is 552 g/mol. The Kier molecular flexibility index (Phi) is 8.12. The van der Waals surface area contributed by atoms with Crippen molar-refractivity contribution in [3.8, 4) is 0 Å². The number of hydrogen-bond donors (Lipinski definition) is 1. The predicted octanol–water partition coefficient (Wildman–Crippen LogP) is 4.26. The Balaban J connectivity index is 1.17. The molecular formula is C31H41FN4O4. The third-order valence-corrected chi connectivity index (χ3v) is 9.38. The second kappa shape index (κ2) is 11.9. The molecule has 2 heterocycles. The molecule has 0 radical (unpaired) electrons. The first-order valence-electron chi connectivity index (χ1n) is 14.8. The number of carbonyl (C=O) groups is 2. The van der Waals surface area contributed by atoms with E-state index in [4.69, 9.17) is 9.15 Å². The Morgan fingerprint density at radius 3 is 2.25 bits per heavy atom. The SMILES string of the molecule is O=C(CN(CCN1CCOCC1)C(=O)NC12CC3CC(CC(C3)C1)C2)N(Cc1ccc(F)cc1)Cc1ccco1. The van der Waals surface area contributed by atoms with Gasteiger partial charge in [-0.15, -0.1) is 0 Å². The van der Waals surface area contributed by atoms with Gasteiger partial charge in [-0.1, -0.05) is 12.1 Å². The highest BCUT2D eigenvalue weighted by molar-refractivity contribution is 5.84. The van der Waals surface area contributed by atoms with Gasteiger partial charge in [-0.25, -0.2) is 9.18 Å². The lowest BCUT2D eigenvalue weighted by Crippen LogP contribution is -2.62. The fourth-order valence-corrected chi connectivity index (χ4v) is 7.81. The van der Waals surface area contributed by atoms with Crippen molar-refractivity contribution in [3.05, 3.63) is 59.8 Å². The number of amides is 3. The number of nitrogens with zero attached hydrogens (tertiary/aromatic N) is 3. The van der Waals surface area contributed by atoms with E-state index >= 15 is 0 Å². The summed E-state index contributed by atoms with van der Waals surface area (Å²) in [7, 11) is 0. The highest BCUT2D eigenvalue weighted by atomic mass is 19.1. The van der Waals surface area contributed by atoms with E-state index in [2.05, 4.69) is 10.2 Å². The molecule has 40 heavy (non-hydrogen) atoms. The van der Waals surface area contributed by atoms with Gasteiger partial charge in [-0.05, 0) is 86.1 Å². The van der Waals surface area contributed by atoms with E-state index in [9.17, 15) is 14.0 Å². The average molecular weight is 553 g/mol. The van der Waals surface area contributed by atoms with Crippen LogP contribution in [0.25, 0.3) is 0 Å². The van der Waals surface area contributed by atoms with Crippen LogP contribution < -0.4 is 5.32 Å². The molecule has 1 N–H and O–H groups in total. The normalized spacial score (nSPS) is 27.5. The van der Waals surface area contributed by atoms with E-state index in [1.807, 2.05) is 6.07 Å². The summed E-state index contributed by atoms with van der Waals surface area (Å²) in [5.74, 6) is 2.33. The third kappa shape index (κ3) is 6.52. The first kappa shape index (κ1) is 27.3. The summed E-state index contributed by atoms with van der Waals surface area (Å²) < 4.78 is 24.6. The number of furan rings is 1. The lowest BCUT2D eigenvalue weighted by atomic mass is 9.53. The molecule has 0 unspecified atom stereocenters. The molecule has 1 aromatic heterocycles. The predicted molar refractivity (Wildman–Crippen MR) is 148 cm³/mol. The largest absolute Gasteiger partial charge is 0.467 e. The third-order valence-electron chi connectivity index (χ3n) is 9.38. The van der Waals surface area contributed by atoms with E-state index in [0.717, 1.165) is 55.7 Å². The Bertz CT molecular complexity index is 1110. The Morgan fingerprint density at radius 1 is 0.950 bits per heavy atom. The molecule has 3 amide bonds. The van der Waals surface area contributed by atoms with Gasteiger partial charge >= 0.3 is 6.03 Å². The van der Waals surface area contributed by atoms with E-state index in [0.29, 0.717) is 38.6 Å². The second-order valence-electron chi connectivity index (χ2n) is 12.5. The lowest BCUT2D eigenvalue weighted by Gasteiger charge is -2.57. The quantitative estimate of drug-likeness (QED) is 0.477. The standard InChI is InChI=1S/C31H41FN4O4/c32-27-5-3-23(4-6-27)20-36(21-28-2-1-11-40-28)29(37)22-35(8-7-34-9-12-39-13-10-34)30(38)33-31-17-24-14-25(18-31)16-26(15-24)19-31/h1-6,11,24-26H,7-10,12-22H2,(H,33,38). The van der Waals surface area contributed by atoms with Crippen molar-refractivity contribution in [2.75, 3.05) is 45.9 Å². The van der Waals surface area contributed by atoms with Crippen LogP contribution >= 0.6 is 0 Å². The minimum atomic E-state index is -0.316. The molecule has 5 fully saturated rings. The maximum absolute atomic E-state index is 13.9. The molecule has 0 spiro atoms. The van der Waals surface area contributed by atoms with E-state index < -0.39 is 0 Å². The molecule has 5 aliphatic rings. The van der Waals surface area contributed by atoms with Crippen LogP contribution in [0.3, 0.4) is 0 Å². The summed E-state index contributed by atoms with van der Waals surface area (Å²) in [5.41, 5.74) is 0.688. The molecule has 4 bridgehead atoms. The highest BCUT2D eigenvalue weighted by Gasteiger charge is 2.52. The minimum absolute atomic E-state index is 0.0234. The van der Waals surface area contributed by atoms with Crippen molar-refractivity contribution in [1.82, 2.24) is 20.0 Å². The molecule has 1 aliphatic heterocycles. The fraction of sp³-hybridized carbons (Fsp3) is 0.613. The Hall–Kier alpha value is -2.91. The molecule has 216 valence electrons. The van der Waals surface area contributed by atoms with Crippen molar-refractivity contribution in [1.29, 1.82) is 0 Å². The van der Waals surface area contributed by atoms with Crippen LogP contribution in [0, 0.1) is 23.6 Å². The average Bonchev–Trinajstić information content (AvgIpc) is 3.44. The van der Waals surface area contributed by atoms with Gasteiger partial charge in [0, 0.05) is 38.3 Å². The van der Waals surface area contributed by atoms with Crippen LogP contribution in [0.1, 0.15) is 49.8 Å². The number of rotatable bonds is 10. The van der Waals surface area contributed by atoms with Gasteiger partial charge in [0.25, 0.3) is 0 Å². The number of morpholine rings is 1. The van der Waals surface area contributed by atoms with Crippen LogP contribution in [-0.4, -0.2) is 78.1 Å². The summed E-state index contributed by atoms with van der Waals surface area (Å²) in [6.07, 6.45) is 8.68. The number of halogens is 1. The maximum atomic E-state index is 13.9. The van der Waals surface area contributed by atoms with Crippen molar-refractivity contribution in [3.63, 3.8) is 0 Å². The van der Waals surface area contributed by atoms with Crippen molar-refractivity contribution < 1.29 is 23.1 Å². The van der Waals surface area contributed by atoms with Crippen LogP contribution in [0.4, 0.5) is 9.18 Å². The summed E-state index contributed by atoms with van der Waals surface area (Å²) >= 11 is 0. The van der Waals surface area contributed by atoms with Gasteiger partial charge in [-0.3, -0.25) is 9.69 Å². The van der Waals surface area contributed by atoms with E-state index in [1.165, 1.54) is 31.4 Å². The summed E-state index contributed by atoms with van der Waals surface area (Å²) in [5, 5.41) is 3.47. The molecule has 1 saturated heterocycles. The zero-order chi connectivity index (χ0) is 27.5. The van der Waals surface area contributed by atoms with E-state index in [1.54, 1.807) is 34.3 Å². The smallest absolute Gasteiger partial charge is 0.318 e. The van der Waals surface area contributed by atoms with Crippen molar-refractivity contribution in [2.45, 2.75) is 57.2 Å².